The summed E-state index contributed by atoms with van der Waals surface area (Å²) in [5.74, 6) is -6.18. The average molecular weight is 208 g/mol. The molecular formula is C8H16O6. The van der Waals surface area contributed by atoms with Crippen LogP contribution in [0, 0.1) is 0 Å². The third kappa shape index (κ3) is 4.52. The molecule has 6 nitrogen and oxygen atoms in total. The SMILES string of the molecule is CC(O)(O)C(O)(O)CCCCC(=O)O. The second-order valence-electron chi connectivity index (χ2n) is 3.44. The van der Waals surface area contributed by atoms with Crippen molar-refractivity contribution >= 4 is 5.97 Å². The third-order valence-corrected chi connectivity index (χ3v) is 1.92. The molecular weight excluding hydrogens is 192 g/mol. The van der Waals surface area contributed by atoms with Gasteiger partial charge in [-0.05, 0) is 19.8 Å². The molecule has 0 amide bonds. The van der Waals surface area contributed by atoms with Crippen LogP contribution in [0.25, 0.3) is 0 Å². The van der Waals surface area contributed by atoms with Crippen molar-refractivity contribution in [2.75, 3.05) is 0 Å². The van der Waals surface area contributed by atoms with E-state index in [-0.39, 0.29) is 25.7 Å². The Bertz CT molecular complexity index is 192. The molecule has 0 aliphatic heterocycles. The van der Waals surface area contributed by atoms with Crippen LogP contribution in [0.4, 0.5) is 0 Å². The highest BCUT2D eigenvalue weighted by Crippen LogP contribution is 2.22. The van der Waals surface area contributed by atoms with E-state index in [9.17, 15) is 4.79 Å². The fourth-order valence-electron chi connectivity index (χ4n) is 0.885. The minimum absolute atomic E-state index is 0.0797. The second-order valence-corrected chi connectivity index (χ2v) is 3.44. The van der Waals surface area contributed by atoms with E-state index < -0.39 is 17.5 Å². The van der Waals surface area contributed by atoms with Crippen LogP contribution < -0.4 is 0 Å². The zero-order valence-corrected chi connectivity index (χ0v) is 7.97. The maximum Gasteiger partial charge on any atom is 0.303 e. The van der Waals surface area contributed by atoms with Gasteiger partial charge in [0.2, 0.25) is 11.6 Å². The molecule has 84 valence electrons. The molecule has 5 N–H and O–H groups in total. The van der Waals surface area contributed by atoms with Gasteiger partial charge in [-0.25, -0.2) is 0 Å². The summed E-state index contributed by atoms with van der Waals surface area (Å²) in [5.41, 5.74) is 0. The molecule has 0 unspecified atom stereocenters. The number of hydrogen-bond donors (Lipinski definition) is 5. The van der Waals surface area contributed by atoms with Gasteiger partial charge in [0.1, 0.15) is 0 Å². The first kappa shape index (κ1) is 13.3. The Morgan fingerprint density at radius 1 is 1.14 bits per heavy atom. The molecule has 0 aromatic carbocycles. The molecule has 14 heavy (non-hydrogen) atoms. The second kappa shape index (κ2) is 4.70. The zero-order chi connectivity index (χ0) is 11.4. The fourth-order valence-corrected chi connectivity index (χ4v) is 0.885. The minimum Gasteiger partial charge on any atom is -0.481 e. The van der Waals surface area contributed by atoms with Crippen LogP contribution in [0.1, 0.15) is 32.6 Å². The van der Waals surface area contributed by atoms with E-state index in [2.05, 4.69) is 0 Å². The van der Waals surface area contributed by atoms with Crippen LogP contribution in [-0.4, -0.2) is 43.1 Å². The van der Waals surface area contributed by atoms with Crippen LogP contribution in [0.5, 0.6) is 0 Å². The molecule has 0 spiro atoms. The van der Waals surface area contributed by atoms with Crippen molar-refractivity contribution in [2.45, 2.75) is 44.2 Å². The molecule has 0 aromatic heterocycles. The van der Waals surface area contributed by atoms with Crippen molar-refractivity contribution in [3.8, 4) is 0 Å². The van der Waals surface area contributed by atoms with E-state index in [0.717, 1.165) is 6.92 Å². The lowest BCUT2D eigenvalue weighted by molar-refractivity contribution is -0.350. The molecule has 0 radical (unpaired) electrons. The Morgan fingerprint density at radius 2 is 1.64 bits per heavy atom. The van der Waals surface area contributed by atoms with Crippen LogP contribution >= 0.6 is 0 Å². The topological polar surface area (TPSA) is 118 Å². The summed E-state index contributed by atoms with van der Waals surface area (Å²) >= 11 is 0. The summed E-state index contributed by atoms with van der Waals surface area (Å²) in [5, 5.41) is 44.3. The number of unbranched alkanes of at least 4 members (excludes halogenated alkanes) is 1. The monoisotopic (exact) mass is 208 g/mol. The van der Waals surface area contributed by atoms with Crippen molar-refractivity contribution < 1.29 is 30.3 Å². The van der Waals surface area contributed by atoms with Gasteiger partial charge in [-0.2, -0.15) is 0 Å². The Kier molecular flexibility index (Phi) is 4.47. The number of carboxylic acids is 1. The molecule has 0 fully saturated rings. The maximum atomic E-state index is 10.1. The summed E-state index contributed by atoms with van der Waals surface area (Å²) in [7, 11) is 0. The lowest BCUT2D eigenvalue weighted by Crippen LogP contribution is -2.52. The van der Waals surface area contributed by atoms with Crippen LogP contribution in [0.2, 0.25) is 0 Å². The molecule has 0 aliphatic carbocycles. The molecule has 0 rings (SSSR count). The smallest absolute Gasteiger partial charge is 0.303 e. The normalized spacial score (nSPS) is 12.9. The van der Waals surface area contributed by atoms with Crippen molar-refractivity contribution in [3.63, 3.8) is 0 Å². The fraction of sp³-hybridized carbons (Fsp3) is 0.875. The summed E-state index contributed by atoms with van der Waals surface area (Å²) in [6.45, 7) is 0.851. The van der Waals surface area contributed by atoms with Crippen molar-refractivity contribution in [1.82, 2.24) is 0 Å². The lowest BCUT2D eigenvalue weighted by atomic mass is 10.0. The largest absolute Gasteiger partial charge is 0.481 e. The first-order valence-electron chi connectivity index (χ1n) is 4.28. The predicted octanol–water partition coefficient (Wildman–Crippen LogP) is -0.987. The van der Waals surface area contributed by atoms with E-state index in [1.54, 1.807) is 0 Å². The molecule has 0 heterocycles. The van der Waals surface area contributed by atoms with Crippen molar-refractivity contribution in [2.24, 2.45) is 0 Å². The highest BCUT2D eigenvalue weighted by Gasteiger charge is 2.42. The maximum absolute atomic E-state index is 10.1. The molecule has 0 aliphatic rings. The van der Waals surface area contributed by atoms with Gasteiger partial charge in [0.15, 0.2) is 0 Å². The molecule has 0 saturated carbocycles. The molecule has 0 saturated heterocycles. The highest BCUT2D eigenvalue weighted by molar-refractivity contribution is 5.66. The summed E-state index contributed by atoms with van der Waals surface area (Å²) < 4.78 is 0. The van der Waals surface area contributed by atoms with Gasteiger partial charge in [-0.15, -0.1) is 0 Å². The van der Waals surface area contributed by atoms with E-state index in [1.165, 1.54) is 0 Å². The zero-order valence-electron chi connectivity index (χ0n) is 7.97. The van der Waals surface area contributed by atoms with Crippen molar-refractivity contribution in [3.05, 3.63) is 0 Å². The van der Waals surface area contributed by atoms with Crippen LogP contribution in [0.15, 0.2) is 0 Å². The van der Waals surface area contributed by atoms with Gasteiger partial charge in [-0.1, -0.05) is 0 Å². The molecule has 6 heteroatoms. The van der Waals surface area contributed by atoms with E-state index in [4.69, 9.17) is 25.5 Å². The Labute approximate surface area is 81.4 Å². The lowest BCUT2D eigenvalue weighted by Gasteiger charge is -2.31. The van der Waals surface area contributed by atoms with E-state index >= 15 is 0 Å². The van der Waals surface area contributed by atoms with Crippen molar-refractivity contribution in [1.29, 1.82) is 0 Å². The number of carboxylic acid groups (broad SMARTS) is 1. The first-order chi connectivity index (χ1) is 6.17. The minimum atomic E-state index is -2.61. The van der Waals surface area contributed by atoms with Gasteiger partial charge >= 0.3 is 5.97 Å². The van der Waals surface area contributed by atoms with Crippen LogP contribution in [0.3, 0.4) is 0 Å². The number of rotatable bonds is 6. The quantitative estimate of drug-likeness (QED) is 0.282. The van der Waals surface area contributed by atoms with Gasteiger partial charge in [0, 0.05) is 12.8 Å². The predicted molar refractivity (Wildman–Crippen MR) is 46.1 cm³/mol. The van der Waals surface area contributed by atoms with Crippen LogP contribution in [-0.2, 0) is 4.79 Å². The number of hydrogen-bond acceptors (Lipinski definition) is 5. The van der Waals surface area contributed by atoms with Gasteiger partial charge in [0.05, 0.1) is 0 Å². The average Bonchev–Trinajstić information content (AvgIpc) is 1.95. The number of aliphatic carboxylic acids is 1. The van der Waals surface area contributed by atoms with Gasteiger partial charge in [0.25, 0.3) is 0 Å². The summed E-state index contributed by atoms with van der Waals surface area (Å²) in [6, 6.07) is 0. The molecule has 0 bridgehead atoms. The Morgan fingerprint density at radius 3 is 2.00 bits per heavy atom. The molecule has 0 aromatic rings. The van der Waals surface area contributed by atoms with Gasteiger partial charge in [-0.3, -0.25) is 4.79 Å². The first-order valence-corrected chi connectivity index (χ1v) is 4.28. The summed E-state index contributed by atoms with van der Waals surface area (Å²) in [6.07, 6.45) is 0.0811. The Balaban J connectivity index is 3.83. The van der Waals surface area contributed by atoms with E-state index in [0.29, 0.717) is 0 Å². The molecule has 0 atom stereocenters. The number of carbonyl (C=O) groups is 1. The Hall–Kier alpha value is -0.690. The van der Waals surface area contributed by atoms with Gasteiger partial charge < -0.3 is 25.5 Å². The van der Waals surface area contributed by atoms with E-state index in [1.807, 2.05) is 0 Å². The number of aliphatic hydroxyl groups is 4. The highest BCUT2D eigenvalue weighted by atomic mass is 16.6. The summed E-state index contributed by atoms with van der Waals surface area (Å²) in [4.78, 5) is 10.1. The third-order valence-electron chi connectivity index (χ3n) is 1.92. The standard InChI is InChI=1S/C8H16O6/c1-7(11,12)8(13,14)5-3-2-4-6(9)10/h11-14H,2-5H2,1H3,(H,9,10).